The maximum Gasteiger partial charge on any atom is 0.239 e. The van der Waals surface area contributed by atoms with Gasteiger partial charge in [-0.3, -0.25) is 9.59 Å². The summed E-state index contributed by atoms with van der Waals surface area (Å²) in [5.74, 6) is -0.228. The Morgan fingerprint density at radius 3 is 2.33 bits per heavy atom. The molecule has 0 fully saturated rings. The molecule has 0 spiro atoms. The largest absolute Gasteiger partial charge is 0.358 e. The summed E-state index contributed by atoms with van der Waals surface area (Å²) in [5.41, 5.74) is -0.385. The van der Waals surface area contributed by atoms with Crippen LogP contribution in [0.2, 0.25) is 0 Å². The fourth-order valence-corrected chi connectivity index (χ4v) is 1.22. The van der Waals surface area contributed by atoms with E-state index < -0.39 is 0 Å². The molecule has 0 atom stereocenters. The van der Waals surface area contributed by atoms with Crippen LogP contribution in [0.4, 0.5) is 0 Å². The summed E-state index contributed by atoms with van der Waals surface area (Å²) < 4.78 is 0. The Hall–Kier alpha value is -1.06. The van der Waals surface area contributed by atoms with Gasteiger partial charge in [-0.05, 0) is 6.42 Å². The number of rotatable bonds is 6. The number of likely N-dealkylation sites (N-methyl/N-ethyl adjacent to an activating group) is 1. The van der Waals surface area contributed by atoms with Crippen molar-refractivity contribution < 1.29 is 9.59 Å². The van der Waals surface area contributed by atoms with Crippen LogP contribution in [0.5, 0.6) is 0 Å². The SMILES string of the molecule is CCCCC(C)(C)C(=O)NCC(=O)NC. The van der Waals surface area contributed by atoms with Crippen LogP contribution < -0.4 is 10.6 Å². The molecule has 0 saturated heterocycles. The minimum Gasteiger partial charge on any atom is -0.358 e. The van der Waals surface area contributed by atoms with Crippen molar-refractivity contribution in [2.45, 2.75) is 40.0 Å². The van der Waals surface area contributed by atoms with Crippen molar-refractivity contribution in [2.24, 2.45) is 5.41 Å². The van der Waals surface area contributed by atoms with Gasteiger partial charge in [0.15, 0.2) is 0 Å². The second kappa shape index (κ2) is 6.43. The first-order chi connectivity index (χ1) is 6.94. The zero-order valence-electron chi connectivity index (χ0n) is 10.1. The zero-order valence-corrected chi connectivity index (χ0v) is 10.1. The quantitative estimate of drug-likeness (QED) is 0.694. The topological polar surface area (TPSA) is 58.2 Å². The normalized spacial score (nSPS) is 10.9. The molecule has 0 aliphatic heterocycles. The number of carbonyl (C=O) groups is 2. The molecule has 0 aromatic carbocycles. The summed E-state index contributed by atoms with van der Waals surface area (Å²) in [5, 5.41) is 5.09. The molecular formula is C11H22N2O2. The van der Waals surface area contributed by atoms with Gasteiger partial charge in [0.25, 0.3) is 0 Å². The monoisotopic (exact) mass is 214 g/mol. The number of unbranched alkanes of at least 4 members (excludes halogenated alkanes) is 1. The first kappa shape index (κ1) is 13.9. The molecule has 88 valence electrons. The highest BCUT2D eigenvalue weighted by Gasteiger charge is 2.26. The Morgan fingerprint density at radius 1 is 1.27 bits per heavy atom. The van der Waals surface area contributed by atoms with Gasteiger partial charge < -0.3 is 10.6 Å². The Bertz CT molecular complexity index is 225. The molecule has 2 N–H and O–H groups in total. The number of carbonyl (C=O) groups excluding carboxylic acids is 2. The highest BCUT2D eigenvalue weighted by Crippen LogP contribution is 2.23. The first-order valence-corrected chi connectivity index (χ1v) is 5.43. The van der Waals surface area contributed by atoms with E-state index in [1.807, 2.05) is 13.8 Å². The number of amides is 2. The fraction of sp³-hybridized carbons (Fsp3) is 0.818. The molecule has 0 aromatic heterocycles. The lowest BCUT2D eigenvalue weighted by Gasteiger charge is -2.22. The molecule has 0 aliphatic carbocycles. The summed E-state index contributed by atoms with van der Waals surface area (Å²) in [4.78, 5) is 22.6. The van der Waals surface area contributed by atoms with E-state index in [1.165, 1.54) is 0 Å². The van der Waals surface area contributed by atoms with E-state index >= 15 is 0 Å². The Morgan fingerprint density at radius 2 is 1.87 bits per heavy atom. The maximum absolute atomic E-state index is 11.7. The van der Waals surface area contributed by atoms with E-state index in [0.717, 1.165) is 19.3 Å². The van der Waals surface area contributed by atoms with Crippen molar-refractivity contribution in [3.63, 3.8) is 0 Å². The Kier molecular flexibility index (Phi) is 5.97. The molecule has 0 aliphatic rings. The molecule has 0 heterocycles. The van der Waals surface area contributed by atoms with E-state index in [0.29, 0.717) is 0 Å². The third kappa shape index (κ3) is 5.40. The minimum atomic E-state index is -0.385. The lowest BCUT2D eigenvalue weighted by atomic mass is 9.86. The summed E-state index contributed by atoms with van der Waals surface area (Å²) in [6.45, 7) is 5.97. The van der Waals surface area contributed by atoms with Gasteiger partial charge in [-0.2, -0.15) is 0 Å². The minimum absolute atomic E-state index is 0.0560. The molecule has 2 amide bonds. The summed E-state index contributed by atoms with van der Waals surface area (Å²) in [7, 11) is 1.55. The maximum atomic E-state index is 11.7. The van der Waals surface area contributed by atoms with E-state index in [1.54, 1.807) is 7.05 Å². The average Bonchev–Trinajstić information content (AvgIpc) is 2.22. The predicted molar refractivity (Wildman–Crippen MR) is 60.4 cm³/mol. The standard InChI is InChI=1S/C11H22N2O2/c1-5-6-7-11(2,3)10(15)13-8-9(14)12-4/h5-8H2,1-4H3,(H,12,14)(H,13,15). The van der Waals surface area contributed by atoms with Gasteiger partial charge >= 0.3 is 0 Å². The van der Waals surface area contributed by atoms with E-state index in [4.69, 9.17) is 0 Å². The summed E-state index contributed by atoms with van der Waals surface area (Å²) >= 11 is 0. The van der Waals surface area contributed by atoms with E-state index in [9.17, 15) is 9.59 Å². The van der Waals surface area contributed by atoms with Crippen molar-refractivity contribution in [1.82, 2.24) is 10.6 Å². The van der Waals surface area contributed by atoms with Gasteiger partial charge in [-0.25, -0.2) is 0 Å². The van der Waals surface area contributed by atoms with Gasteiger partial charge in [-0.15, -0.1) is 0 Å². The van der Waals surface area contributed by atoms with E-state index in [2.05, 4.69) is 17.6 Å². The lowest BCUT2D eigenvalue weighted by molar-refractivity contribution is -0.132. The second-order valence-corrected chi connectivity index (χ2v) is 4.34. The van der Waals surface area contributed by atoms with Crippen LogP contribution in [0.3, 0.4) is 0 Å². The second-order valence-electron chi connectivity index (χ2n) is 4.34. The molecule has 4 nitrogen and oxygen atoms in total. The van der Waals surface area contributed by atoms with Crippen LogP contribution in [-0.2, 0) is 9.59 Å². The van der Waals surface area contributed by atoms with Gasteiger partial charge in [-0.1, -0.05) is 33.6 Å². The summed E-state index contributed by atoms with van der Waals surface area (Å²) in [6.07, 6.45) is 2.95. The van der Waals surface area contributed by atoms with Crippen molar-refractivity contribution >= 4 is 11.8 Å². The molecular weight excluding hydrogens is 192 g/mol. The van der Waals surface area contributed by atoms with Gasteiger partial charge in [0.05, 0.1) is 6.54 Å². The molecule has 0 radical (unpaired) electrons. The highest BCUT2D eigenvalue weighted by atomic mass is 16.2. The van der Waals surface area contributed by atoms with Crippen LogP contribution in [0.25, 0.3) is 0 Å². The molecule has 0 unspecified atom stereocenters. The van der Waals surface area contributed by atoms with Crippen molar-refractivity contribution in [3.05, 3.63) is 0 Å². The molecule has 0 aromatic rings. The fourth-order valence-electron chi connectivity index (χ4n) is 1.22. The Balaban J connectivity index is 4.01. The average molecular weight is 214 g/mol. The van der Waals surface area contributed by atoms with Gasteiger partial charge in [0.1, 0.15) is 0 Å². The highest BCUT2D eigenvalue weighted by molar-refractivity contribution is 5.87. The number of nitrogens with one attached hydrogen (secondary N) is 2. The number of hydrogen-bond donors (Lipinski definition) is 2. The third-order valence-corrected chi connectivity index (χ3v) is 2.46. The van der Waals surface area contributed by atoms with Crippen LogP contribution in [0.1, 0.15) is 40.0 Å². The lowest BCUT2D eigenvalue weighted by Crippen LogP contribution is -2.42. The molecule has 0 rings (SSSR count). The molecule has 4 heteroatoms. The van der Waals surface area contributed by atoms with Crippen LogP contribution in [0, 0.1) is 5.41 Å². The predicted octanol–water partition coefficient (Wildman–Crippen LogP) is 1.06. The zero-order chi connectivity index (χ0) is 11.9. The van der Waals surface area contributed by atoms with E-state index in [-0.39, 0.29) is 23.8 Å². The van der Waals surface area contributed by atoms with Gasteiger partial charge in [0.2, 0.25) is 11.8 Å². The summed E-state index contributed by atoms with van der Waals surface area (Å²) in [6, 6.07) is 0. The van der Waals surface area contributed by atoms with Gasteiger partial charge in [0, 0.05) is 12.5 Å². The molecule has 15 heavy (non-hydrogen) atoms. The molecule has 0 saturated carbocycles. The third-order valence-electron chi connectivity index (χ3n) is 2.46. The molecule has 0 bridgehead atoms. The van der Waals surface area contributed by atoms with Crippen molar-refractivity contribution in [2.75, 3.05) is 13.6 Å². The van der Waals surface area contributed by atoms with Crippen LogP contribution >= 0.6 is 0 Å². The first-order valence-electron chi connectivity index (χ1n) is 5.43. The van der Waals surface area contributed by atoms with Crippen LogP contribution in [0.15, 0.2) is 0 Å². The van der Waals surface area contributed by atoms with Crippen LogP contribution in [-0.4, -0.2) is 25.4 Å². The number of hydrogen-bond acceptors (Lipinski definition) is 2. The van der Waals surface area contributed by atoms with Crippen molar-refractivity contribution in [1.29, 1.82) is 0 Å². The van der Waals surface area contributed by atoms with Crippen molar-refractivity contribution in [3.8, 4) is 0 Å². The Labute approximate surface area is 91.8 Å². The smallest absolute Gasteiger partial charge is 0.239 e.